The Balaban J connectivity index is 0.00000289. The fourth-order valence-electron chi connectivity index (χ4n) is 1.22. The molecular weight excluding hydrogens is 252 g/mol. The third-order valence-electron chi connectivity index (χ3n) is 2.22. The summed E-state index contributed by atoms with van der Waals surface area (Å²) >= 11 is 0. The van der Waals surface area contributed by atoms with Gasteiger partial charge in [0.1, 0.15) is 12.4 Å². The van der Waals surface area contributed by atoms with Gasteiger partial charge in [0.2, 0.25) is 0 Å². The lowest BCUT2D eigenvalue weighted by Crippen LogP contribution is -2.37. The number of hydrogen-bond acceptors (Lipinski definition) is 3. The molecule has 0 aromatic heterocycles. The zero-order chi connectivity index (χ0) is 12.7. The highest BCUT2D eigenvalue weighted by atomic mass is 35.5. The SMILES string of the molecule is C=CCOc1ccc(C(=O)N[C@@H](C)CN)cc1.Cl. The van der Waals surface area contributed by atoms with Crippen LogP contribution in [-0.4, -0.2) is 25.1 Å². The van der Waals surface area contributed by atoms with E-state index in [9.17, 15) is 4.79 Å². The molecule has 0 fully saturated rings. The van der Waals surface area contributed by atoms with Crippen LogP contribution in [-0.2, 0) is 0 Å². The molecule has 1 rings (SSSR count). The summed E-state index contributed by atoms with van der Waals surface area (Å²) in [5.41, 5.74) is 6.03. The smallest absolute Gasteiger partial charge is 0.251 e. The van der Waals surface area contributed by atoms with Crippen LogP contribution in [0, 0.1) is 0 Å². The molecule has 100 valence electrons. The zero-order valence-electron chi connectivity index (χ0n) is 10.4. The lowest BCUT2D eigenvalue weighted by molar-refractivity contribution is 0.0941. The summed E-state index contributed by atoms with van der Waals surface area (Å²) in [4.78, 5) is 11.7. The summed E-state index contributed by atoms with van der Waals surface area (Å²) in [5.74, 6) is 0.589. The van der Waals surface area contributed by atoms with Crippen LogP contribution in [0.5, 0.6) is 5.75 Å². The van der Waals surface area contributed by atoms with Crippen LogP contribution >= 0.6 is 12.4 Å². The van der Waals surface area contributed by atoms with Crippen molar-refractivity contribution in [1.82, 2.24) is 5.32 Å². The summed E-state index contributed by atoms with van der Waals surface area (Å²) in [6.45, 7) is 6.30. The van der Waals surface area contributed by atoms with Gasteiger partial charge in [0, 0.05) is 18.2 Å². The molecule has 1 aromatic rings. The lowest BCUT2D eigenvalue weighted by Gasteiger charge is -2.11. The van der Waals surface area contributed by atoms with Crippen molar-refractivity contribution in [2.45, 2.75) is 13.0 Å². The van der Waals surface area contributed by atoms with Crippen LogP contribution in [0.1, 0.15) is 17.3 Å². The predicted molar refractivity (Wildman–Crippen MR) is 75.4 cm³/mol. The van der Waals surface area contributed by atoms with Gasteiger partial charge in [-0.15, -0.1) is 12.4 Å². The molecular formula is C13H19ClN2O2. The van der Waals surface area contributed by atoms with Gasteiger partial charge in [-0.1, -0.05) is 12.7 Å². The molecule has 0 spiro atoms. The largest absolute Gasteiger partial charge is 0.490 e. The van der Waals surface area contributed by atoms with E-state index < -0.39 is 0 Å². The topological polar surface area (TPSA) is 64.3 Å². The molecule has 1 atom stereocenters. The van der Waals surface area contributed by atoms with Crippen molar-refractivity contribution in [3.8, 4) is 5.75 Å². The molecule has 0 radical (unpaired) electrons. The second-order valence-electron chi connectivity index (χ2n) is 3.73. The number of nitrogens with one attached hydrogen (secondary N) is 1. The number of carbonyl (C=O) groups excluding carboxylic acids is 1. The molecule has 0 saturated carbocycles. The molecule has 0 saturated heterocycles. The number of hydrogen-bond donors (Lipinski definition) is 2. The number of benzene rings is 1. The number of halogens is 1. The maximum Gasteiger partial charge on any atom is 0.251 e. The first kappa shape index (κ1) is 16.5. The van der Waals surface area contributed by atoms with E-state index in [1.165, 1.54) is 0 Å². The predicted octanol–water partition coefficient (Wildman–Crippen LogP) is 1.75. The van der Waals surface area contributed by atoms with Gasteiger partial charge in [-0.05, 0) is 31.2 Å². The van der Waals surface area contributed by atoms with Gasteiger partial charge in [-0.3, -0.25) is 4.79 Å². The third-order valence-corrected chi connectivity index (χ3v) is 2.22. The minimum Gasteiger partial charge on any atom is -0.490 e. The van der Waals surface area contributed by atoms with E-state index in [2.05, 4.69) is 11.9 Å². The van der Waals surface area contributed by atoms with Crippen LogP contribution in [0.4, 0.5) is 0 Å². The minimum absolute atomic E-state index is 0. The first-order chi connectivity index (χ1) is 8.17. The Morgan fingerprint density at radius 1 is 1.50 bits per heavy atom. The Morgan fingerprint density at radius 2 is 2.11 bits per heavy atom. The van der Waals surface area contributed by atoms with Crippen molar-refractivity contribution >= 4 is 18.3 Å². The van der Waals surface area contributed by atoms with Gasteiger partial charge < -0.3 is 15.8 Å². The van der Waals surface area contributed by atoms with Crippen LogP contribution < -0.4 is 15.8 Å². The summed E-state index contributed by atoms with van der Waals surface area (Å²) in [6, 6.07) is 6.92. The molecule has 0 unspecified atom stereocenters. The van der Waals surface area contributed by atoms with E-state index in [1.807, 2.05) is 6.92 Å². The van der Waals surface area contributed by atoms with Crippen molar-refractivity contribution in [3.05, 3.63) is 42.5 Å². The second kappa shape index (κ2) is 8.55. The average molecular weight is 271 g/mol. The van der Waals surface area contributed by atoms with Gasteiger partial charge in [0.25, 0.3) is 5.91 Å². The maximum absolute atomic E-state index is 11.7. The van der Waals surface area contributed by atoms with E-state index in [1.54, 1.807) is 30.3 Å². The van der Waals surface area contributed by atoms with E-state index >= 15 is 0 Å². The van der Waals surface area contributed by atoms with Crippen molar-refractivity contribution in [2.24, 2.45) is 5.73 Å². The zero-order valence-corrected chi connectivity index (χ0v) is 11.2. The molecule has 18 heavy (non-hydrogen) atoms. The van der Waals surface area contributed by atoms with E-state index in [0.29, 0.717) is 24.5 Å². The molecule has 1 aromatic carbocycles. The van der Waals surface area contributed by atoms with Gasteiger partial charge in [-0.2, -0.15) is 0 Å². The Labute approximate surface area is 114 Å². The van der Waals surface area contributed by atoms with Gasteiger partial charge in [0.05, 0.1) is 0 Å². The molecule has 5 heteroatoms. The van der Waals surface area contributed by atoms with Gasteiger partial charge in [-0.25, -0.2) is 0 Å². The van der Waals surface area contributed by atoms with Gasteiger partial charge >= 0.3 is 0 Å². The Bertz CT molecular complexity index is 379. The quantitative estimate of drug-likeness (QED) is 0.774. The van der Waals surface area contributed by atoms with Crippen LogP contribution in [0.15, 0.2) is 36.9 Å². The van der Waals surface area contributed by atoms with Crippen molar-refractivity contribution < 1.29 is 9.53 Å². The Morgan fingerprint density at radius 3 is 2.61 bits per heavy atom. The van der Waals surface area contributed by atoms with E-state index in [4.69, 9.17) is 10.5 Å². The minimum atomic E-state index is -0.127. The highest BCUT2D eigenvalue weighted by Gasteiger charge is 2.08. The molecule has 0 heterocycles. The van der Waals surface area contributed by atoms with Crippen molar-refractivity contribution in [2.75, 3.05) is 13.2 Å². The van der Waals surface area contributed by atoms with Gasteiger partial charge in [0.15, 0.2) is 0 Å². The Hall–Kier alpha value is -1.52. The maximum atomic E-state index is 11.7. The monoisotopic (exact) mass is 270 g/mol. The summed E-state index contributed by atoms with van der Waals surface area (Å²) in [7, 11) is 0. The summed E-state index contributed by atoms with van der Waals surface area (Å²) < 4.78 is 5.32. The number of nitrogens with two attached hydrogens (primary N) is 1. The fraction of sp³-hybridized carbons (Fsp3) is 0.308. The third kappa shape index (κ3) is 5.21. The van der Waals surface area contributed by atoms with E-state index in [0.717, 1.165) is 0 Å². The Kier molecular flexibility index (Phi) is 7.83. The number of carbonyl (C=O) groups is 1. The highest BCUT2D eigenvalue weighted by Crippen LogP contribution is 2.12. The molecule has 3 N–H and O–H groups in total. The van der Waals surface area contributed by atoms with Crippen molar-refractivity contribution in [1.29, 1.82) is 0 Å². The highest BCUT2D eigenvalue weighted by molar-refractivity contribution is 5.94. The lowest BCUT2D eigenvalue weighted by atomic mass is 10.2. The molecule has 1 amide bonds. The first-order valence-electron chi connectivity index (χ1n) is 5.52. The fourth-order valence-corrected chi connectivity index (χ4v) is 1.22. The second-order valence-corrected chi connectivity index (χ2v) is 3.73. The molecule has 0 aliphatic heterocycles. The van der Waals surface area contributed by atoms with Crippen LogP contribution in [0.25, 0.3) is 0 Å². The molecule has 0 bridgehead atoms. The summed E-state index contributed by atoms with van der Waals surface area (Å²) in [5, 5.41) is 2.79. The number of rotatable bonds is 6. The standard InChI is InChI=1S/C13H18N2O2.ClH/c1-3-8-17-12-6-4-11(5-7-12)13(16)15-10(2)9-14;/h3-7,10H,1,8-9,14H2,2H3,(H,15,16);1H/t10-;/m0./s1. The van der Waals surface area contributed by atoms with Crippen LogP contribution in [0.2, 0.25) is 0 Å². The molecule has 4 nitrogen and oxygen atoms in total. The normalized spacial score (nSPS) is 11.0. The summed E-state index contributed by atoms with van der Waals surface area (Å²) in [6.07, 6.45) is 1.67. The first-order valence-corrected chi connectivity index (χ1v) is 5.52. The number of amides is 1. The number of ether oxygens (including phenoxy) is 1. The van der Waals surface area contributed by atoms with E-state index in [-0.39, 0.29) is 24.4 Å². The van der Waals surface area contributed by atoms with Crippen LogP contribution in [0.3, 0.4) is 0 Å². The molecule has 0 aliphatic rings. The molecule has 0 aliphatic carbocycles. The average Bonchev–Trinajstić information content (AvgIpc) is 2.36. The van der Waals surface area contributed by atoms with Crippen molar-refractivity contribution in [3.63, 3.8) is 0 Å².